The number of fused-ring (bicyclic) bond motifs is 6. The quantitative estimate of drug-likeness (QED) is 0.0279. The molecule has 0 aromatic heterocycles. The molecule has 0 saturated carbocycles. The van der Waals surface area contributed by atoms with E-state index in [1.165, 1.54) is 64.5 Å². The summed E-state index contributed by atoms with van der Waals surface area (Å²) in [5.74, 6) is -7.68. The first kappa shape index (κ1) is 66.7. The lowest BCUT2D eigenvalue weighted by molar-refractivity contribution is -0.245. The van der Waals surface area contributed by atoms with Crippen molar-refractivity contribution in [3.8, 4) is 34.5 Å². The minimum atomic E-state index is -2.20. The van der Waals surface area contributed by atoms with Gasteiger partial charge in [-0.25, -0.2) is 0 Å². The first-order valence-electron chi connectivity index (χ1n) is 31.4. The number of benzene rings is 4. The third kappa shape index (κ3) is 10.9. The Morgan fingerprint density at radius 2 is 0.865 bits per heavy atom. The second kappa shape index (κ2) is 25.1. The Bertz CT molecular complexity index is 4170. The molecular weight excluding hydrogens is 1260 g/mol. The molecule has 12 N–H and O–H groups in total. The lowest BCUT2D eigenvalue weighted by atomic mass is 9.72. The van der Waals surface area contributed by atoms with Gasteiger partial charge in [-0.05, 0) is 52.7 Å². The van der Waals surface area contributed by atoms with Gasteiger partial charge in [0.1, 0.15) is 80.7 Å². The average Bonchev–Trinajstić information content (AvgIpc) is 0.715. The first-order valence-corrected chi connectivity index (χ1v) is 31.4. The smallest absolute Gasteiger partial charge is 0.253 e. The van der Waals surface area contributed by atoms with Gasteiger partial charge in [0.05, 0.1) is 84.1 Å². The molecule has 12 atom stereocenters. The van der Waals surface area contributed by atoms with E-state index in [2.05, 4.69) is 21.3 Å². The maximum absolute atomic E-state index is 14.1. The fourth-order valence-corrected chi connectivity index (χ4v) is 14.3. The van der Waals surface area contributed by atoms with Gasteiger partial charge in [-0.3, -0.25) is 47.9 Å². The number of aliphatic hydroxyl groups is 4. The second-order valence-electron chi connectivity index (χ2n) is 25.5. The van der Waals surface area contributed by atoms with Crippen LogP contribution in [0.5, 0.6) is 34.5 Å². The predicted octanol–water partition coefficient (Wildman–Crippen LogP) is 2.95. The number of anilines is 4. The van der Waals surface area contributed by atoms with Crippen LogP contribution < -0.4 is 52.5 Å². The zero-order chi connectivity index (χ0) is 69.0. The van der Waals surface area contributed by atoms with Gasteiger partial charge < -0.3 is 90.5 Å². The number of ether oxygens (including phenoxy) is 6. The molecule has 0 spiro atoms. The van der Waals surface area contributed by atoms with Crippen LogP contribution in [0.3, 0.4) is 0 Å². The Morgan fingerprint density at radius 3 is 1.22 bits per heavy atom. The summed E-state index contributed by atoms with van der Waals surface area (Å²) in [6, 6.07) is 6.54. The van der Waals surface area contributed by atoms with Crippen molar-refractivity contribution >= 4 is 57.4 Å². The molecule has 96 heavy (non-hydrogen) atoms. The van der Waals surface area contributed by atoms with Gasteiger partial charge in [-0.1, -0.05) is 37.1 Å². The molecule has 4 aliphatic carbocycles. The molecule has 0 bridgehead atoms. The van der Waals surface area contributed by atoms with Crippen LogP contribution in [0.15, 0.2) is 55.6 Å². The summed E-state index contributed by atoms with van der Waals surface area (Å²) in [4.78, 5) is 134. The number of carbonyl (C=O) groups excluding carboxylic acids is 6. The Labute approximate surface area is 545 Å². The van der Waals surface area contributed by atoms with Crippen molar-refractivity contribution in [1.29, 1.82) is 0 Å². The van der Waals surface area contributed by atoms with E-state index >= 15 is 0 Å². The maximum atomic E-state index is 14.1. The van der Waals surface area contributed by atoms with Crippen LogP contribution in [-0.4, -0.2) is 163 Å². The van der Waals surface area contributed by atoms with Crippen molar-refractivity contribution in [2.24, 2.45) is 0 Å². The van der Waals surface area contributed by atoms with Gasteiger partial charge in [0.15, 0.2) is 35.7 Å². The number of ketones is 6. The van der Waals surface area contributed by atoms with E-state index in [0.717, 1.165) is 13.8 Å². The zero-order valence-corrected chi connectivity index (χ0v) is 52.8. The average molecular weight is 1330 g/mol. The molecule has 28 nitrogen and oxygen atoms in total. The Morgan fingerprint density at radius 1 is 0.510 bits per heavy atom. The molecular formula is C68H70N4O24. The number of phenols is 4. The van der Waals surface area contributed by atoms with Crippen LogP contribution in [0.2, 0.25) is 0 Å². The number of hydrogen-bond donors (Lipinski definition) is 12. The Kier molecular flexibility index (Phi) is 17.4. The van der Waals surface area contributed by atoms with E-state index in [-0.39, 0.29) is 105 Å². The Balaban J connectivity index is 0.655. The molecule has 6 aromatic rings. The van der Waals surface area contributed by atoms with E-state index in [1.807, 2.05) is 0 Å². The highest BCUT2D eigenvalue weighted by Gasteiger charge is 2.53. The highest BCUT2D eigenvalue weighted by atomic mass is 16.7. The highest BCUT2D eigenvalue weighted by Crippen LogP contribution is 2.55. The lowest BCUT2D eigenvalue weighted by Gasteiger charge is -2.43. The second-order valence-corrected chi connectivity index (χ2v) is 25.5. The summed E-state index contributed by atoms with van der Waals surface area (Å²) >= 11 is 0. The number of phenolic OH excluding ortho intramolecular Hbond substituents is 4. The number of Topliss-reactive ketones (excluding diaryl/α,β-unsaturated/α-hetero) is 2. The van der Waals surface area contributed by atoms with Gasteiger partial charge in [0, 0.05) is 85.0 Å². The van der Waals surface area contributed by atoms with Crippen molar-refractivity contribution in [2.75, 3.05) is 48.6 Å². The predicted molar refractivity (Wildman–Crippen MR) is 338 cm³/mol. The number of methoxy groups -OCH3 is 2. The molecule has 0 radical (unpaired) electrons. The molecule has 2 saturated heterocycles. The number of aliphatic hydroxyl groups excluding tert-OH is 2. The molecule has 12 rings (SSSR count). The molecule has 2 aliphatic heterocycles. The minimum Gasteiger partial charge on any atom is -0.507 e. The number of nitrogens with one attached hydrogen (secondary N) is 4. The van der Waals surface area contributed by atoms with E-state index in [0.29, 0.717) is 25.7 Å². The standard InChI is InChI=1S/C68H70N4O24/c1-25-53(75)33(19-39(93-25)95-37-23-67(89,27(3)73)21-31-43(37)61(83)47-45(57(31)79)55(77)29-13-11-15-35(91-5)41(29)59(47)81)71-51-49(63(85)65(51)87)69-17-9-7-8-10-18-70-50-52(66(88)64(50)86)72-34-20-40(94-26(2)54(34)76)96-38-24-68(90,28(4)74)22-32-44(38)62(84)48-46(58(32)80)56(78)30-14-12-16-36(92-6)42(30)60(48)82/h11-16,25-26,33-34,37-40,53-54,69-72,75-76,79-80,83-84,89-90H,7-10,17-24H2,1-6H3/t25?,26?,33?,34?,37-,38-,39?,40?,53?,54?,67-,68-/m0/s1. The molecule has 6 aromatic carbocycles. The van der Waals surface area contributed by atoms with Gasteiger partial charge >= 0.3 is 0 Å². The van der Waals surface area contributed by atoms with Gasteiger partial charge in [-0.15, -0.1) is 0 Å². The van der Waals surface area contributed by atoms with E-state index in [1.54, 1.807) is 0 Å². The normalized spacial score (nSPS) is 26.6. The van der Waals surface area contributed by atoms with Gasteiger partial charge in [0.25, 0.3) is 21.7 Å². The fraction of sp³-hybridized carbons (Fsp3) is 0.441. The van der Waals surface area contributed by atoms with E-state index in [9.17, 15) is 88.8 Å². The molecule has 28 heteroatoms. The fourth-order valence-electron chi connectivity index (χ4n) is 14.3. The topological polar surface area (TPSA) is 436 Å². The van der Waals surface area contributed by atoms with Crippen LogP contribution in [0.1, 0.15) is 177 Å². The molecule has 0 amide bonds. The molecule has 2 fully saturated rings. The molecule has 506 valence electrons. The minimum absolute atomic E-state index is 0.0353. The number of rotatable bonds is 21. The van der Waals surface area contributed by atoms with Crippen LogP contribution >= 0.6 is 0 Å². The summed E-state index contributed by atoms with van der Waals surface area (Å²) in [7, 11) is 2.58. The van der Waals surface area contributed by atoms with Gasteiger partial charge in [-0.2, -0.15) is 0 Å². The summed E-state index contributed by atoms with van der Waals surface area (Å²) < 4.78 is 35.5. The first-order chi connectivity index (χ1) is 45.6. The van der Waals surface area contributed by atoms with Gasteiger partial charge in [0.2, 0.25) is 11.6 Å². The third-order valence-electron chi connectivity index (χ3n) is 19.7. The van der Waals surface area contributed by atoms with E-state index in [4.69, 9.17) is 28.4 Å². The summed E-state index contributed by atoms with van der Waals surface area (Å²) in [5, 5.41) is 105. The maximum Gasteiger partial charge on any atom is 0.253 e. The number of aromatic hydroxyl groups is 4. The number of hydrogen-bond acceptors (Lipinski definition) is 28. The van der Waals surface area contributed by atoms with Crippen molar-refractivity contribution in [3.63, 3.8) is 0 Å². The monoisotopic (exact) mass is 1330 g/mol. The molecule has 2 heterocycles. The van der Waals surface area contributed by atoms with Crippen molar-refractivity contribution < 1.29 is 98.0 Å². The third-order valence-corrected chi connectivity index (χ3v) is 19.7. The molecule has 6 aliphatic rings. The van der Waals surface area contributed by atoms with Crippen LogP contribution in [0, 0.1) is 0 Å². The van der Waals surface area contributed by atoms with Crippen molar-refractivity contribution in [2.45, 2.75) is 164 Å². The number of carbonyl (C=O) groups is 6. The summed E-state index contributed by atoms with van der Waals surface area (Å²) in [5.41, 5.74) is -11.5. The SMILES string of the molecule is COc1cccc2c1C(=O)c1c(O)c3c(c(O)c1C2=O)C[C@@](O)(C(C)=O)C[C@@H]3OC1CC(Nc2c(NCCCCCCNc3c(NC4CC(O[C@H]5C[C@](O)(C(C)=O)Cc6c(O)c7c(c(O)c65)C(=O)c5c(OC)cccc5C7=O)OC(C)C4O)c(=O)c3=O)c(=O)c2=O)C(O)C(C)O1. The molecule has 8 unspecified atom stereocenters. The zero-order valence-electron chi connectivity index (χ0n) is 52.8. The van der Waals surface area contributed by atoms with Crippen molar-refractivity contribution in [1.82, 2.24) is 0 Å². The lowest BCUT2D eigenvalue weighted by Crippen LogP contribution is -2.53. The largest absolute Gasteiger partial charge is 0.507 e. The van der Waals surface area contributed by atoms with Crippen molar-refractivity contribution in [3.05, 3.63) is 144 Å². The summed E-state index contributed by atoms with van der Waals surface area (Å²) in [6.45, 7) is 5.69. The van der Waals surface area contributed by atoms with Crippen LogP contribution in [0.25, 0.3) is 0 Å². The Hall–Kier alpha value is -9.26. The highest BCUT2D eigenvalue weighted by molar-refractivity contribution is 6.32. The van der Waals surface area contributed by atoms with Crippen LogP contribution in [-0.2, 0) is 41.4 Å². The number of unbranched alkanes of at least 4 members (excludes halogenated alkanes) is 3. The van der Waals surface area contributed by atoms with Crippen LogP contribution in [0.4, 0.5) is 22.7 Å². The van der Waals surface area contributed by atoms with E-state index < -0.39 is 200 Å². The summed E-state index contributed by atoms with van der Waals surface area (Å²) in [6.07, 6.45) is -10.6.